The highest BCUT2D eigenvalue weighted by molar-refractivity contribution is 9.10. The van der Waals surface area contributed by atoms with Gasteiger partial charge in [0, 0.05) is 28.8 Å². The molecule has 0 aromatic heterocycles. The molecule has 0 spiro atoms. The fourth-order valence-electron chi connectivity index (χ4n) is 2.48. The van der Waals surface area contributed by atoms with Crippen molar-refractivity contribution in [3.8, 4) is 0 Å². The standard InChI is InChI=1S/C18H23BrN2/c1-13(2)21(12-15-7-5-4-6-8-15)18-10-9-16(19)11-17(18)14(3)20/h4-11,13-14H,12,20H2,1-3H3. The maximum Gasteiger partial charge on any atom is 0.0432 e. The molecule has 1 unspecified atom stereocenters. The second-order valence-electron chi connectivity index (χ2n) is 5.70. The minimum atomic E-state index is 0.00882. The zero-order valence-corrected chi connectivity index (χ0v) is 14.5. The Hall–Kier alpha value is -1.32. The van der Waals surface area contributed by atoms with Gasteiger partial charge in [0.25, 0.3) is 0 Å². The monoisotopic (exact) mass is 346 g/mol. The zero-order chi connectivity index (χ0) is 15.4. The van der Waals surface area contributed by atoms with Gasteiger partial charge in [-0.25, -0.2) is 0 Å². The average molecular weight is 347 g/mol. The first-order valence-electron chi connectivity index (χ1n) is 7.34. The first-order chi connectivity index (χ1) is 9.99. The van der Waals surface area contributed by atoms with Crippen molar-refractivity contribution in [1.29, 1.82) is 0 Å². The number of hydrogen-bond donors (Lipinski definition) is 1. The van der Waals surface area contributed by atoms with Crippen LogP contribution in [-0.2, 0) is 6.54 Å². The van der Waals surface area contributed by atoms with E-state index in [9.17, 15) is 0 Å². The Morgan fingerprint density at radius 1 is 1.05 bits per heavy atom. The summed E-state index contributed by atoms with van der Waals surface area (Å²) in [5.41, 5.74) is 9.87. The van der Waals surface area contributed by atoms with Crippen molar-refractivity contribution in [2.75, 3.05) is 4.90 Å². The van der Waals surface area contributed by atoms with Gasteiger partial charge in [0.15, 0.2) is 0 Å². The quantitative estimate of drug-likeness (QED) is 0.835. The molecule has 0 aliphatic heterocycles. The van der Waals surface area contributed by atoms with E-state index in [1.165, 1.54) is 16.8 Å². The van der Waals surface area contributed by atoms with Gasteiger partial charge in [-0.2, -0.15) is 0 Å². The van der Waals surface area contributed by atoms with Crippen molar-refractivity contribution in [2.24, 2.45) is 5.73 Å². The van der Waals surface area contributed by atoms with Crippen LogP contribution in [0, 0.1) is 0 Å². The molecule has 112 valence electrons. The van der Waals surface area contributed by atoms with E-state index in [4.69, 9.17) is 5.73 Å². The summed E-state index contributed by atoms with van der Waals surface area (Å²) in [6, 6.07) is 17.3. The van der Waals surface area contributed by atoms with Crippen LogP contribution in [0.1, 0.15) is 37.9 Å². The third-order valence-corrected chi connectivity index (χ3v) is 4.10. The molecule has 0 bridgehead atoms. The summed E-state index contributed by atoms with van der Waals surface area (Å²) >= 11 is 3.54. The fourth-order valence-corrected chi connectivity index (χ4v) is 2.86. The molecule has 2 N–H and O–H groups in total. The number of hydrogen-bond acceptors (Lipinski definition) is 2. The molecule has 0 amide bonds. The Kier molecular flexibility index (Phi) is 5.43. The van der Waals surface area contributed by atoms with Crippen LogP contribution in [0.3, 0.4) is 0 Å². The molecule has 2 aromatic carbocycles. The van der Waals surface area contributed by atoms with Gasteiger partial charge in [0.05, 0.1) is 0 Å². The van der Waals surface area contributed by atoms with Crippen LogP contribution < -0.4 is 10.6 Å². The van der Waals surface area contributed by atoms with Crippen molar-refractivity contribution in [3.63, 3.8) is 0 Å². The number of anilines is 1. The van der Waals surface area contributed by atoms with Gasteiger partial charge in [0.2, 0.25) is 0 Å². The van der Waals surface area contributed by atoms with Gasteiger partial charge in [-0.3, -0.25) is 0 Å². The topological polar surface area (TPSA) is 29.3 Å². The van der Waals surface area contributed by atoms with Crippen LogP contribution in [0.4, 0.5) is 5.69 Å². The lowest BCUT2D eigenvalue weighted by molar-refractivity contribution is 0.671. The minimum Gasteiger partial charge on any atom is -0.365 e. The normalized spacial score (nSPS) is 12.5. The first kappa shape index (κ1) is 16.1. The fraction of sp³-hybridized carbons (Fsp3) is 0.333. The Morgan fingerprint density at radius 3 is 2.29 bits per heavy atom. The Labute approximate surface area is 136 Å². The van der Waals surface area contributed by atoms with E-state index in [-0.39, 0.29) is 6.04 Å². The second-order valence-corrected chi connectivity index (χ2v) is 6.61. The molecule has 0 radical (unpaired) electrons. The van der Waals surface area contributed by atoms with Gasteiger partial charge in [-0.15, -0.1) is 0 Å². The Balaban J connectivity index is 2.39. The molecule has 0 saturated carbocycles. The van der Waals surface area contributed by atoms with E-state index < -0.39 is 0 Å². The number of rotatable bonds is 5. The van der Waals surface area contributed by atoms with E-state index in [2.05, 4.69) is 83.2 Å². The van der Waals surface area contributed by atoms with Crippen molar-refractivity contribution in [3.05, 3.63) is 64.1 Å². The lowest BCUT2D eigenvalue weighted by Crippen LogP contribution is -2.31. The summed E-state index contributed by atoms with van der Waals surface area (Å²) < 4.78 is 1.07. The van der Waals surface area contributed by atoms with Gasteiger partial charge >= 0.3 is 0 Å². The predicted molar refractivity (Wildman–Crippen MR) is 94.5 cm³/mol. The molecule has 0 aliphatic rings. The molecule has 2 aromatic rings. The summed E-state index contributed by atoms with van der Waals surface area (Å²) in [5.74, 6) is 0. The SMILES string of the molecule is CC(N)c1cc(Br)ccc1N(Cc1ccccc1)C(C)C. The molecule has 0 saturated heterocycles. The number of halogens is 1. The second kappa shape index (κ2) is 7.10. The lowest BCUT2D eigenvalue weighted by Gasteiger charge is -2.32. The van der Waals surface area contributed by atoms with Gasteiger partial charge in [0.1, 0.15) is 0 Å². The van der Waals surface area contributed by atoms with Crippen molar-refractivity contribution < 1.29 is 0 Å². The molecule has 2 nitrogen and oxygen atoms in total. The highest BCUT2D eigenvalue weighted by Crippen LogP contribution is 2.31. The highest BCUT2D eigenvalue weighted by Gasteiger charge is 2.17. The molecule has 21 heavy (non-hydrogen) atoms. The van der Waals surface area contributed by atoms with Crippen LogP contribution >= 0.6 is 15.9 Å². The largest absolute Gasteiger partial charge is 0.365 e. The molecule has 2 rings (SSSR count). The third kappa shape index (κ3) is 4.08. The van der Waals surface area contributed by atoms with Crippen LogP contribution in [0.2, 0.25) is 0 Å². The van der Waals surface area contributed by atoms with Crippen molar-refractivity contribution >= 4 is 21.6 Å². The number of benzene rings is 2. The number of nitrogens with two attached hydrogens (primary N) is 1. The van der Waals surface area contributed by atoms with Crippen LogP contribution in [-0.4, -0.2) is 6.04 Å². The van der Waals surface area contributed by atoms with Crippen LogP contribution in [0.15, 0.2) is 53.0 Å². The lowest BCUT2D eigenvalue weighted by atomic mass is 10.0. The van der Waals surface area contributed by atoms with Crippen LogP contribution in [0.25, 0.3) is 0 Å². The zero-order valence-electron chi connectivity index (χ0n) is 12.9. The van der Waals surface area contributed by atoms with Crippen molar-refractivity contribution in [1.82, 2.24) is 0 Å². The van der Waals surface area contributed by atoms with Crippen LogP contribution in [0.5, 0.6) is 0 Å². The molecule has 3 heteroatoms. The van der Waals surface area contributed by atoms with E-state index in [0.29, 0.717) is 6.04 Å². The van der Waals surface area contributed by atoms with E-state index in [0.717, 1.165) is 11.0 Å². The average Bonchev–Trinajstić information content (AvgIpc) is 2.46. The van der Waals surface area contributed by atoms with Crippen molar-refractivity contribution in [2.45, 2.75) is 39.4 Å². The Morgan fingerprint density at radius 2 is 1.71 bits per heavy atom. The molecule has 0 fully saturated rings. The summed E-state index contributed by atoms with van der Waals surface area (Å²) in [4.78, 5) is 2.40. The molecule has 0 aliphatic carbocycles. The van der Waals surface area contributed by atoms with E-state index in [1.54, 1.807) is 0 Å². The smallest absolute Gasteiger partial charge is 0.0432 e. The molecule has 1 atom stereocenters. The number of nitrogens with zero attached hydrogens (tertiary/aromatic N) is 1. The predicted octanol–water partition coefficient (Wildman–Crippen LogP) is 4.88. The summed E-state index contributed by atoms with van der Waals surface area (Å²) in [7, 11) is 0. The van der Waals surface area contributed by atoms with Gasteiger partial charge < -0.3 is 10.6 Å². The maximum atomic E-state index is 6.17. The Bertz CT molecular complexity index is 579. The molecular formula is C18H23BrN2. The maximum absolute atomic E-state index is 6.17. The third-order valence-electron chi connectivity index (χ3n) is 3.61. The van der Waals surface area contributed by atoms with Gasteiger partial charge in [-0.1, -0.05) is 46.3 Å². The summed E-state index contributed by atoms with van der Waals surface area (Å²) in [5, 5.41) is 0. The van der Waals surface area contributed by atoms with E-state index in [1.807, 2.05) is 6.92 Å². The summed E-state index contributed by atoms with van der Waals surface area (Å²) in [6.07, 6.45) is 0. The molecule has 0 heterocycles. The minimum absolute atomic E-state index is 0.00882. The highest BCUT2D eigenvalue weighted by atomic mass is 79.9. The van der Waals surface area contributed by atoms with Gasteiger partial charge in [-0.05, 0) is 50.1 Å². The molecular weight excluding hydrogens is 324 g/mol. The van der Waals surface area contributed by atoms with E-state index >= 15 is 0 Å². The summed E-state index contributed by atoms with van der Waals surface area (Å²) in [6.45, 7) is 7.36. The first-order valence-corrected chi connectivity index (χ1v) is 8.14.